The molecule has 4 nitrogen and oxygen atoms in total. The van der Waals surface area contributed by atoms with Crippen LogP contribution >= 0.6 is 0 Å². The Morgan fingerprint density at radius 3 is 2.27 bits per heavy atom. The van der Waals surface area contributed by atoms with Crippen LogP contribution in [-0.2, 0) is 14.3 Å². The average Bonchev–Trinajstić information content (AvgIpc) is 1.97. The summed E-state index contributed by atoms with van der Waals surface area (Å²) in [7, 11) is 1.23. The summed E-state index contributed by atoms with van der Waals surface area (Å²) in [4.78, 5) is 20.1. The zero-order valence-electron chi connectivity index (χ0n) is 5.94. The normalized spacial score (nSPS) is 10.6. The second-order valence-electron chi connectivity index (χ2n) is 1.56. The Morgan fingerprint density at radius 1 is 1.27 bits per heavy atom. The van der Waals surface area contributed by atoms with E-state index in [-0.39, 0.29) is 0 Å². The second kappa shape index (κ2) is 5.22. The molecule has 0 bridgehead atoms. The summed E-state index contributed by atoms with van der Waals surface area (Å²) < 4.78 is 4.23. The maximum atomic E-state index is 10.4. The van der Waals surface area contributed by atoms with Crippen LogP contribution in [0.25, 0.3) is 0 Å². The summed E-state index contributed by atoms with van der Waals surface area (Å²) >= 11 is 0. The van der Waals surface area contributed by atoms with E-state index in [1.54, 1.807) is 0 Å². The third-order valence-electron chi connectivity index (χ3n) is 0.777. The lowest BCUT2D eigenvalue weighted by molar-refractivity contribution is -0.297. The predicted molar refractivity (Wildman–Crippen MR) is 35.3 cm³/mol. The van der Waals surface area contributed by atoms with Gasteiger partial charge >= 0.3 is 5.97 Å². The van der Waals surface area contributed by atoms with Crippen molar-refractivity contribution in [2.75, 3.05) is 7.11 Å². The largest absolute Gasteiger partial charge is 0.545 e. The van der Waals surface area contributed by atoms with E-state index in [2.05, 4.69) is 4.74 Å². The van der Waals surface area contributed by atoms with Gasteiger partial charge in [-0.25, -0.2) is 4.79 Å². The minimum atomic E-state index is -1.31. The summed E-state index contributed by atoms with van der Waals surface area (Å²) in [5.74, 6) is -1.84. The number of carbonyl (C=O) groups excluding carboxylic acids is 2. The Bertz CT molecular complexity index is 202. The molecule has 0 aromatic heterocycles. The highest BCUT2D eigenvalue weighted by atomic mass is 16.5. The predicted octanol–water partition coefficient (Wildman–Crippen LogP) is -0.978. The number of carboxylic acid groups (broad SMARTS) is 1. The van der Waals surface area contributed by atoms with Gasteiger partial charge in [0.25, 0.3) is 0 Å². The zero-order valence-corrected chi connectivity index (χ0v) is 5.94. The first-order chi connectivity index (χ1) is 5.16. The lowest BCUT2D eigenvalue weighted by atomic mass is 10.4. The molecule has 0 atom stereocenters. The van der Waals surface area contributed by atoms with Gasteiger partial charge in [-0.05, 0) is 6.08 Å². The first-order valence-corrected chi connectivity index (χ1v) is 2.80. The molecule has 0 unspecified atom stereocenters. The third-order valence-corrected chi connectivity index (χ3v) is 0.777. The molecule has 11 heavy (non-hydrogen) atoms. The highest BCUT2D eigenvalue weighted by Gasteiger charge is 1.85. The number of carbonyl (C=O) groups is 2. The van der Waals surface area contributed by atoms with Crippen molar-refractivity contribution in [1.29, 1.82) is 0 Å². The SMILES string of the molecule is COC(=O)/C=C/C=C\C(=O)[O-]. The van der Waals surface area contributed by atoms with Crippen LogP contribution in [0.1, 0.15) is 0 Å². The van der Waals surface area contributed by atoms with Crippen LogP contribution < -0.4 is 5.11 Å². The van der Waals surface area contributed by atoms with Crippen LogP contribution in [0, 0.1) is 0 Å². The molecule has 0 N–H and O–H groups in total. The van der Waals surface area contributed by atoms with E-state index in [0.29, 0.717) is 0 Å². The van der Waals surface area contributed by atoms with Crippen LogP contribution in [0.4, 0.5) is 0 Å². The lowest BCUT2D eigenvalue weighted by Crippen LogP contribution is -2.18. The maximum Gasteiger partial charge on any atom is 0.330 e. The monoisotopic (exact) mass is 155 g/mol. The highest BCUT2D eigenvalue weighted by Crippen LogP contribution is 1.79. The van der Waals surface area contributed by atoms with E-state index in [1.807, 2.05) is 0 Å². The van der Waals surface area contributed by atoms with Gasteiger partial charge in [0.15, 0.2) is 0 Å². The van der Waals surface area contributed by atoms with Crippen molar-refractivity contribution in [3.05, 3.63) is 24.3 Å². The molecule has 0 fully saturated rings. The van der Waals surface area contributed by atoms with E-state index >= 15 is 0 Å². The number of aliphatic carboxylic acids is 1. The topological polar surface area (TPSA) is 66.4 Å². The fourth-order valence-corrected chi connectivity index (χ4v) is 0.336. The Morgan fingerprint density at radius 2 is 1.82 bits per heavy atom. The molecule has 60 valence electrons. The van der Waals surface area contributed by atoms with Crippen LogP contribution in [0.3, 0.4) is 0 Å². The first-order valence-electron chi connectivity index (χ1n) is 2.80. The molecule has 0 aliphatic carbocycles. The van der Waals surface area contributed by atoms with E-state index in [9.17, 15) is 14.7 Å². The third kappa shape index (κ3) is 6.30. The summed E-state index contributed by atoms with van der Waals surface area (Å²) in [5, 5.41) is 9.77. The van der Waals surface area contributed by atoms with E-state index in [0.717, 1.165) is 12.2 Å². The van der Waals surface area contributed by atoms with Crippen molar-refractivity contribution in [2.24, 2.45) is 0 Å². The van der Waals surface area contributed by atoms with Gasteiger partial charge in [0.05, 0.1) is 13.1 Å². The summed E-state index contributed by atoms with van der Waals surface area (Å²) in [5.41, 5.74) is 0. The molecule has 0 heterocycles. The van der Waals surface area contributed by atoms with Crippen molar-refractivity contribution in [3.63, 3.8) is 0 Å². The number of hydrogen-bond donors (Lipinski definition) is 0. The van der Waals surface area contributed by atoms with E-state index in [1.165, 1.54) is 19.3 Å². The van der Waals surface area contributed by atoms with E-state index < -0.39 is 11.9 Å². The van der Waals surface area contributed by atoms with Gasteiger partial charge < -0.3 is 14.6 Å². The van der Waals surface area contributed by atoms with Crippen LogP contribution in [0.15, 0.2) is 24.3 Å². The Labute approximate surface area is 63.8 Å². The number of hydrogen-bond acceptors (Lipinski definition) is 4. The molecule has 0 aromatic carbocycles. The summed E-state index contributed by atoms with van der Waals surface area (Å²) in [6, 6.07) is 0. The molecule has 0 amide bonds. The van der Waals surface area contributed by atoms with Gasteiger partial charge in [-0.1, -0.05) is 12.2 Å². The molecular formula is C7H7O4-. The molecule has 0 rings (SSSR count). The van der Waals surface area contributed by atoms with Gasteiger partial charge in [-0.15, -0.1) is 0 Å². The fraction of sp³-hybridized carbons (Fsp3) is 0.143. The standard InChI is InChI=1S/C7H8O4/c1-11-7(10)5-3-2-4-6(8)9/h2-5H,1H3,(H,8,9)/p-1/b4-2-,5-3+. The lowest BCUT2D eigenvalue weighted by Gasteiger charge is -1.87. The van der Waals surface area contributed by atoms with E-state index in [4.69, 9.17) is 0 Å². The maximum absolute atomic E-state index is 10.4. The first kappa shape index (κ1) is 9.42. The molecule has 4 heteroatoms. The Hall–Kier alpha value is -1.58. The van der Waals surface area contributed by atoms with Crippen molar-refractivity contribution < 1.29 is 19.4 Å². The molecule has 0 aliphatic heterocycles. The van der Waals surface area contributed by atoms with Gasteiger partial charge in [0.2, 0.25) is 0 Å². The average molecular weight is 155 g/mol. The number of methoxy groups -OCH3 is 1. The minimum Gasteiger partial charge on any atom is -0.545 e. The molecule has 0 radical (unpaired) electrons. The number of carboxylic acids is 1. The Balaban J connectivity index is 3.77. The molecule has 0 aromatic rings. The van der Waals surface area contributed by atoms with Crippen LogP contribution in [0.5, 0.6) is 0 Å². The van der Waals surface area contributed by atoms with Crippen molar-refractivity contribution in [1.82, 2.24) is 0 Å². The summed E-state index contributed by atoms with van der Waals surface area (Å²) in [6.45, 7) is 0. The molecule has 0 saturated carbocycles. The number of allylic oxidation sites excluding steroid dienone is 2. The molecular weight excluding hydrogens is 148 g/mol. The second-order valence-corrected chi connectivity index (χ2v) is 1.56. The van der Waals surface area contributed by atoms with Gasteiger partial charge in [0, 0.05) is 6.08 Å². The van der Waals surface area contributed by atoms with Crippen molar-refractivity contribution in [2.45, 2.75) is 0 Å². The van der Waals surface area contributed by atoms with Gasteiger partial charge in [-0.2, -0.15) is 0 Å². The van der Waals surface area contributed by atoms with Gasteiger partial charge in [0.1, 0.15) is 0 Å². The molecule has 0 saturated heterocycles. The van der Waals surface area contributed by atoms with Gasteiger partial charge in [-0.3, -0.25) is 0 Å². The van der Waals surface area contributed by atoms with Crippen LogP contribution in [-0.4, -0.2) is 19.0 Å². The zero-order chi connectivity index (χ0) is 8.69. The summed E-state index contributed by atoms with van der Waals surface area (Å²) in [6.07, 6.45) is 4.33. The number of esters is 1. The molecule has 0 aliphatic rings. The van der Waals surface area contributed by atoms with Crippen molar-refractivity contribution in [3.8, 4) is 0 Å². The fourth-order valence-electron chi connectivity index (χ4n) is 0.336. The minimum absolute atomic E-state index is 0.534. The quantitative estimate of drug-likeness (QED) is 0.298. The Kier molecular flexibility index (Phi) is 4.47. The van der Waals surface area contributed by atoms with Crippen molar-refractivity contribution >= 4 is 11.9 Å². The number of ether oxygens (including phenoxy) is 1. The number of rotatable bonds is 3. The smallest absolute Gasteiger partial charge is 0.330 e. The molecule has 0 spiro atoms. The van der Waals surface area contributed by atoms with Crippen LogP contribution in [0.2, 0.25) is 0 Å². The highest BCUT2D eigenvalue weighted by molar-refractivity contribution is 5.83.